The Morgan fingerprint density at radius 2 is 2.27 bits per heavy atom. The predicted molar refractivity (Wildman–Crippen MR) is 91.7 cm³/mol. The molecule has 2 unspecified atom stereocenters. The van der Waals surface area contributed by atoms with E-state index in [1.165, 1.54) is 6.33 Å². The highest BCUT2D eigenvalue weighted by atomic mass is 19.1. The Morgan fingerprint density at radius 3 is 2.88 bits per heavy atom. The van der Waals surface area contributed by atoms with Gasteiger partial charge < -0.3 is 9.47 Å². The van der Waals surface area contributed by atoms with Crippen molar-refractivity contribution in [3.8, 4) is 12.3 Å². The van der Waals surface area contributed by atoms with Crippen LogP contribution in [0.1, 0.15) is 46.8 Å². The number of nitrogens with one attached hydrogen (secondary N) is 1. The van der Waals surface area contributed by atoms with Crippen molar-refractivity contribution in [3.63, 3.8) is 0 Å². The average Bonchev–Trinajstić information content (AvgIpc) is 3.09. The monoisotopic (exact) mass is 361 g/mol. The quantitative estimate of drug-likeness (QED) is 0.653. The van der Waals surface area contributed by atoms with E-state index in [-0.39, 0.29) is 17.0 Å². The van der Waals surface area contributed by atoms with Crippen LogP contribution in [0.25, 0.3) is 11.2 Å². The Morgan fingerprint density at radius 1 is 1.54 bits per heavy atom. The molecule has 1 aliphatic rings. The topological polar surface area (TPSA) is 91.2 Å². The molecule has 1 amide bonds. The maximum absolute atomic E-state index is 13.9. The van der Waals surface area contributed by atoms with Crippen LogP contribution in [0.5, 0.6) is 0 Å². The van der Waals surface area contributed by atoms with Crippen molar-refractivity contribution >= 4 is 23.1 Å². The highest BCUT2D eigenvalue weighted by Crippen LogP contribution is 2.37. The summed E-state index contributed by atoms with van der Waals surface area (Å²) in [5.74, 6) is 2.54. The number of hydrogen-bond donors (Lipinski definition) is 1. The van der Waals surface area contributed by atoms with E-state index in [1.807, 2.05) is 6.92 Å². The van der Waals surface area contributed by atoms with Gasteiger partial charge in [-0.15, -0.1) is 6.42 Å². The third-order valence-corrected chi connectivity index (χ3v) is 3.89. The van der Waals surface area contributed by atoms with Crippen molar-refractivity contribution in [2.45, 2.75) is 58.0 Å². The number of carbonyl (C=O) groups is 1. The molecule has 0 aliphatic carbocycles. The minimum atomic E-state index is -0.997. The van der Waals surface area contributed by atoms with Gasteiger partial charge in [-0.3, -0.25) is 9.88 Å². The maximum Gasteiger partial charge on any atom is 0.413 e. The van der Waals surface area contributed by atoms with E-state index in [9.17, 15) is 9.18 Å². The molecule has 1 N–H and O–H groups in total. The molecule has 1 fully saturated rings. The van der Waals surface area contributed by atoms with Gasteiger partial charge in [0, 0.05) is 0 Å². The van der Waals surface area contributed by atoms with Gasteiger partial charge >= 0.3 is 12.2 Å². The number of rotatable bonds is 2. The molecule has 0 aromatic carbocycles. The van der Waals surface area contributed by atoms with Crippen LogP contribution in [-0.2, 0) is 9.47 Å². The van der Waals surface area contributed by atoms with Gasteiger partial charge in [0.2, 0.25) is 0 Å². The Hall–Kier alpha value is -2.73. The minimum Gasteiger partial charge on any atom is -0.444 e. The number of anilines is 1. The zero-order valence-corrected chi connectivity index (χ0v) is 15.0. The van der Waals surface area contributed by atoms with Crippen LogP contribution in [0.2, 0.25) is 0 Å². The molecule has 26 heavy (non-hydrogen) atoms. The fraction of sp³-hybridized carbons (Fsp3) is 0.529. The number of imidazole rings is 1. The highest BCUT2D eigenvalue weighted by molar-refractivity contribution is 5.93. The van der Waals surface area contributed by atoms with Crippen molar-refractivity contribution in [2.24, 2.45) is 0 Å². The van der Waals surface area contributed by atoms with Crippen LogP contribution in [0, 0.1) is 18.4 Å². The molecule has 2 atom stereocenters. The van der Waals surface area contributed by atoms with E-state index in [2.05, 4.69) is 26.2 Å². The smallest absolute Gasteiger partial charge is 0.413 e. The first-order valence-corrected chi connectivity index (χ1v) is 8.16. The zero-order chi connectivity index (χ0) is 19.1. The van der Waals surface area contributed by atoms with Crippen LogP contribution < -0.4 is 5.32 Å². The van der Waals surface area contributed by atoms with E-state index in [0.717, 1.165) is 0 Å². The van der Waals surface area contributed by atoms with Crippen LogP contribution >= 0.6 is 0 Å². The van der Waals surface area contributed by atoms with Crippen LogP contribution in [0.3, 0.4) is 0 Å². The van der Waals surface area contributed by atoms with Gasteiger partial charge in [0.05, 0.1) is 6.33 Å². The molecule has 0 bridgehead atoms. The van der Waals surface area contributed by atoms with Gasteiger partial charge in [-0.25, -0.2) is 9.78 Å². The lowest BCUT2D eigenvalue weighted by Gasteiger charge is -2.20. The van der Waals surface area contributed by atoms with Crippen LogP contribution in [0.4, 0.5) is 15.0 Å². The second kappa shape index (κ2) is 6.21. The number of halogens is 1. The number of terminal acetylenes is 1. The summed E-state index contributed by atoms with van der Waals surface area (Å²) < 4.78 is 26.5. The first kappa shape index (κ1) is 18.1. The van der Waals surface area contributed by atoms with Gasteiger partial charge in [0.1, 0.15) is 17.4 Å². The minimum absolute atomic E-state index is 0.0711. The molecule has 0 radical (unpaired) electrons. The van der Waals surface area contributed by atoms with Crippen LogP contribution in [0.15, 0.2) is 6.33 Å². The third-order valence-electron chi connectivity index (χ3n) is 3.89. The maximum atomic E-state index is 13.9. The number of ether oxygens (including phenoxy) is 2. The van der Waals surface area contributed by atoms with Gasteiger partial charge in [-0.05, 0) is 40.5 Å². The molecular weight excluding hydrogens is 341 g/mol. The number of nitrogens with zero attached hydrogens (tertiary/aromatic N) is 4. The molecule has 8 nitrogen and oxygen atoms in total. The Bertz CT molecular complexity index is 898. The molecule has 9 heteroatoms. The number of hydrogen-bond acceptors (Lipinski definition) is 6. The van der Waals surface area contributed by atoms with Gasteiger partial charge in [-0.1, -0.05) is 5.92 Å². The summed E-state index contributed by atoms with van der Waals surface area (Å²) in [5.41, 5.74) is -0.958. The molecule has 3 rings (SSSR count). The first-order valence-electron chi connectivity index (χ1n) is 8.16. The van der Waals surface area contributed by atoms with Gasteiger partial charge in [-0.2, -0.15) is 14.4 Å². The summed E-state index contributed by atoms with van der Waals surface area (Å²) in [7, 11) is 0. The largest absolute Gasteiger partial charge is 0.444 e. The fourth-order valence-electron chi connectivity index (χ4n) is 2.71. The summed E-state index contributed by atoms with van der Waals surface area (Å²) in [6, 6.07) is 0. The SMILES string of the molecule is C#CC1(C)CCC(n2cnc3c(NC(=O)OC(C)(C)C)nc(F)nc32)O1. The lowest BCUT2D eigenvalue weighted by Crippen LogP contribution is -2.27. The van der Waals surface area contributed by atoms with E-state index in [4.69, 9.17) is 15.9 Å². The third kappa shape index (κ3) is 3.60. The van der Waals surface area contributed by atoms with Crippen molar-refractivity contribution in [1.29, 1.82) is 0 Å². The average molecular weight is 361 g/mol. The molecule has 1 saturated heterocycles. The van der Waals surface area contributed by atoms with Gasteiger partial charge in [0.15, 0.2) is 17.0 Å². The number of aromatic nitrogens is 4. The summed E-state index contributed by atoms with van der Waals surface area (Å²) >= 11 is 0. The van der Waals surface area contributed by atoms with Crippen molar-refractivity contribution in [2.75, 3.05) is 5.32 Å². The molecular formula is C17H20FN5O3. The lowest BCUT2D eigenvalue weighted by molar-refractivity contribution is -0.0251. The standard InChI is InChI=1S/C17H20FN5O3/c1-6-17(5)8-7-10(25-17)23-9-19-11-12(20-14(18)22-13(11)23)21-15(24)26-16(2,3)4/h1,9-10H,7-8H2,2-5H3,(H,20,21,22,24). The molecule has 2 aromatic rings. The molecule has 2 aromatic heterocycles. The summed E-state index contributed by atoms with van der Waals surface area (Å²) in [4.78, 5) is 23.6. The van der Waals surface area contributed by atoms with E-state index >= 15 is 0 Å². The fourth-order valence-corrected chi connectivity index (χ4v) is 2.71. The Kier molecular flexibility index (Phi) is 4.32. The summed E-state index contributed by atoms with van der Waals surface area (Å²) in [5, 5.41) is 2.41. The predicted octanol–water partition coefficient (Wildman–Crippen LogP) is 3.01. The summed E-state index contributed by atoms with van der Waals surface area (Å²) in [6.07, 6.45) is 6.07. The Balaban J connectivity index is 1.93. The number of carbonyl (C=O) groups excluding carboxylic acids is 1. The Labute approximate surface area is 150 Å². The zero-order valence-electron chi connectivity index (χ0n) is 15.0. The van der Waals surface area contributed by atoms with Crippen molar-refractivity contribution in [3.05, 3.63) is 12.4 Å². The number of amides is 1. The highest BCUT2D eigenvalue weighted by Gasteiger charge is 2.36. The molecule has 0 spiro atoms. The molecule has 0 saturated carbocycles. The molecule has 138 valence electrons. The van der Waals surface area contributed by atoms with Crippen LogP contribution in [-0.4, -0.2) is 36.8 Å². The van der Waals surface area contributed by atoms with Crippen molar-refractivity contribution < 1.29 is 18.7 Å². The number of fused-ring (bicyclic) bond motifs is 1. The first-order chi connectivity index (χ1) is 12.1. The van der Waals surface area contributed by atoms with E-state index < -0.39 is 29.6 Å². The second-order valence-electron chi connectivity index (χ2n) is 7.28. The summed E-state index contributed by atoms with van der Waals surface area (Å²) in [6.45, 7) is 6.98. The molecule has 3 heterocycles. The van der Waals surface area contributed by atoms with Crippen molar-refractivity contribution in [1.82, 2.24) is 19.5 Å². The lowest BCUT2D eigenvalue weighted by atomic mass is 10.0. The van der Waals surface area contributed by atoms with E-state index in [1.54, 1.807) is 25.3 Å². The van der Waals surface area contributed by atoms with Gasteiger partial charge in [0.25, 0.3) is 0 Å². The molecule has 1 aliphatic heterocycles. The normalized spacial score (nSPS) is 23.0. The second-order valence-corrected chi connectivity index (χ2v) is 7.28. The van der Waals surface area contributed by atoms with E-state index in [0.29, 0.717) is 12.8 Å².